The maximum Gasteiger partial charge on any atom is 0.123 e. The van der Waals surface area contributed by atoms with Gasteiger partial charge in [-0.25, -0.2) is 0 Å². The molecule has 1 N–H and O–H groups in total. The van der Waals surface area contributed by atoms with Crippen LogP contribution in [0.5, 0.6) is 5.75 Å². The fraction of sp³-hybridized carbons (Fsp3) is 0. The Bertz CT molecular complexity index is 957. The van der Waals surface area contributed by atoms with Gasteiger partial charge in [-0.15, -0.1) is 0 Å². The zero-order valence-corrected chi connectivity index (χ0v) is 15.2. The fourth-order valence-electron chi connectivity index (χ4n) is 3.13. The minimum atomic E-state index is -0.644. The van der Waals surface area contributed by atoms with E-state index in [1.54, 1.807) is 6.07 Å². The lowest BCUT2D eigenvalue weighted by molar-refractivity contribution is 0.477. The third kappa shape index (κ3) is 3.40. The average Bonchev–Trinajstić information content (AvgIpc) is 2.70. The van der Waals surface area contributed by atoms with E-state index in [1.165, 1.54) is 15.9 Å². The van der Waals surface area contributed by atoms with Crippen LogP contribution in [0.25, 0.3) is 11.1 Å². The zero-order chi connectivity index (χ0) is 17.8. The molecule has 26 heavy (non-hydrogen) atoms. The molecule has 4 rings (SSSR count). The van der Waals surface area contributed by atoms with E-state index in [-0.39, 0.29) is 0 Å². The average molecular weight is 354 g/mol. The Labute approximate surface area is 155 Å². The molecule has 4 aromatic rings. The highest BCUT2D eigenvalue weighted by Gasteiger charge is 2.17. The van der Waals surface area contributed by atoms with Gasteiger partial charge in [-0.05, 0) is 41.5 Å². The summed E-state index contributed by atoms with van der Waals surface area (Å²) in [6.07, 6.45) is 0. The standard InChI is InChI=1S/C24H19OP/c25-24-17-8-7-16-23(24)19-10-9-15-22(18-19)26(20-11-3-1-4-12-20)21-13-5-2-6-14-21/h1-18,25H. The van der Waals surface area contributed by atoms with Crippen molar-refractivity contribution in [3.63, 3.8) is 0 Å². The molecule has 0 spiro atoms. The molecule has 0 aliphatic heterocycles. The number of hydrogen-bond donors (Lipinski definition) is 1. The number of hydrogen-bond acceptors (Lipinski definition) is 1. The first-order valence-electron chi connectivity index (χ1n) is 8.61. The molecule has 0 fully saturated rings. The van der Waals surface area contributed by atoms with Crippen LogP contribution in [0, 0.1) is 0 Å². The van der Waals surface area contributed by atoms with Crippen molar-refractivity contribution in [3.8, 4) is 16.9 Å². The van der Waals surface area contributed by atoms with Crippen molar-refractivity contribution in [2.45, 2.75) is 0 Å². The van der Waals surface area contributed by atoms with E-state index >= 15 is 0 Å². The van der Waals surface area contributed by atoms with Crippen LogP contribution in [0.4, 0.5) is 0 Å². The second-order valence-corrected chi connectivity index (χ2v) is 8.29. The third-order valence-electron chi connectivity index (χ3n) is 4.35. The highest BCUT2D eigenvalue weighted by atomic mass is 31.1. The molecular formula is C24H19OP. The van der Waals surface area contributed by atoms with Crippen molar-refractivity contribution in [3.05, 3.63) is 109 Å². The van der Waals surface area contributed by atoms with Gasteiger partial charge in [-0.1, -0.05) is 97.1 Å². The highest BCUT2D eigenvalue weighted by Crippen LogP contribution is 2.35. The van der Waals surface area contributed by atoms with Crippen molar-refractivity contribution in [2.75, 3.05) is 0 Å². The minimum Gasteiger partial charge on any atom is -0.507 e. The Kier molecular flexibility index (Phi) is 4.82. The van der Waals surface area contributed by atoms with Gasteiger partial charge in [0.2, 0.25) is 0 Å². The van der Waals surface area contributed by atoms with Crippen LogP contribution in [0.15, 0.2) is 109 Å². The summed E-state index contributed by atoms with van der Waals surface area (Å²) < 4.78 is 0. The first-order valence-corrected chi connectivity index (χ1v) is 9.96. The molecule has 0 aliphatic rings. The van der Waals surface area contributed by atoms with Crippen LogP contribution in [-0.2, 0) is 0 Å². The van der Waals surface area contributed by atoms with Crippen LogP contribution >= 0.6 is 7.92 Å². The topological polar surface area (TPSA) is 20.2 Å². The van der Waals surface area contributed by atoms with Crippen molar-refractivity contribution in [2.24, 2.45) is 0 Å². The normalized spacial score (nSPS) is 10.8. The quantitative estimate of drug-likeness (QED) is 0.521. The summed E-state index contributed by atoms with van der Waals surface area (Å²) in [4.78, 5) is 0. The molecule has 0 aromatic heterocycles. The maximum atomic E-state index is 10.2. The minimum absolute atomic E-state index is 0.313. The monoisotopic (exact) mass is 354 g/mol. The van der Waals surface area contributed by atoms with Gasteiger partial charge in [-0.2, -0.15) is 0 Å². The van der Waals surface area contributed by atoms with Crippen LogP contribution < -0.4 is 15.9 Å². The summed E-state index contributed by atoms with van der Waals surface area (Å²) in [7, 11) is -0.644. The van der Waals surface area contributed by atoms with E-state index in [1.807, 2.05) is 18.2 Å². The molecule has 0 radical (unpaired) electrons. The molecule has 0 unspecified atom stereocenters. The Morgan fingerprint density at radius 3 is 1.65 bits per heavy atom. The van der Waals surface area contributed by atoms with Gasteiger partial charge in [0, 0.05) is 5.56 Å². The van der Waals surface area contributed by atoms with Gasteiger partial charge >= 0.3 is 0 Å². The predicted molar refractivity (Wildman–Crippen MR) is 112 cm³/mol. The van der Waals surface area contributed by atoms with E-state index in [0.717, 1.165) is 11.1 Å². The second-order valence-electron chi connectivity index (χ2n) is 6.07. The second kappa shape index (κ2) is 7.56. The molecule has 2 heteroatoms. The lowest BCUT2D eigenvalue weighted by Gasteiger charge is -2.20. The number of rotatable bonds is 4. The Morgan fingerprint density at radius 1 is 0.500 bits per heavy atom. The van der Waals surface area contributed by atoms with E-state index in [4.69, 9.17) is 0 Å². The smallest absolute Gasteiger partial charge is 0.123 e. The van der Waals surface area contributed by atoms with Crippen molar-refractivity contribution in [1.29, 1.82) is 0 Å². The van der Waals surface area contributed by atoms with Crippen molar-refractivity contribution < 1.29 is 5.11 Å². The van der Waals surface area contributed by atoms with Gasteiger partial charge in [0.1, 0.15) is 5.75 Å². The van der Waals surface area contributed by atoms with Gasteiger partial charge in [0.15, 0.2) is 0 Å². The van der Waals surface area contributed by atoms with E-state index in [0.29, 0.717) is 5.75 Å². The number of aromatic hydroxyl groups is 1. The zero-order valence-electron chi connectivity index (χ0n) is 14.3. The summed E-state index contributed by atoms with van der Waals surface area (Å²) >= 11 is 0. The number of phenols is 1. The van der Waals surface area contributed by atoms with E-state index in [9.17, 15) is 5.11 Å². The largest absolute Gasteiger partial charge is 0.507 e. The van der Waals surface area contributed by atoms with Crippen LogP contribution in [0.1, 0.15) is 0 Å². The summed E-state index contributed by atoms with van der Waals surface area (Å²) in [5.41, 5.74) is 1.91. The summed E-state index contributed by atoms with van der Waals surface area (Å²) in [5.74, 6) is 0.313. The van der Waals surface area contributed by atoms with Gasteiger partial charge in [0.25, 0.3) is 0 Å². The maximum absolute atomic E-state index is 10.2. The van der Waals surface area contributed by atoms with Crippen LogP contribution in [-0.4, -0.2) is 5.11 Å². The van der Waals surface area contributed by atoms with Crippen molar-refractivity contribution >= 4 is 23.8 Å². The molecule has 0 saturated heterocycles. The van der Waals surface area contributed by atoms with Crippen molar-refractivity contribution in [1.82, 2.24) is 0 Å². The summed E-state index contributed by atoms with van der Waals surface area (Å²) in [6, 6.07) is 37.3. The number of para-hydroxylation sites is 1. The molecule has 0 bridgehead atoms. The van der Waals surface area contributed by atoms with Gasteiger partial charge in [0.05, 0.1) is 0 Å². The highest BCUT2D eigenvalue weighted by molar-refractivity contribution is 7.79. The Balaban J connectivity index is 1.85. The SMILES string of the molecule is Oc1ccccc1-c1cccc(P(c2ccccc2)c2ccccc2)c1. The predicted octanol–water partition coefficient (Wildman–Crippen LogP) is 4.82. The molecule has 0 aliphatic carbocycles. The molecule has 0 heterocycles. The molecule has 0 atom stereocenters. The summed E-state index contributed by atoms with van der Waals surface area (Å²) in [5, 5.41) is 14.2. The lowest BCUT2D eigenvalue weighted by atomic mass is 10.1. The molecule has 4 aromatic carbocycles. The summed E-state index contributed by atoms with van der Waals surface area (Å²) in [6.45, 7) is 0. The van der Waals surface area contributed by atoms with E-state index < -0.39 is 7.92 Å². The Hall–Kier alpha value is -2.89. The molecule has 0 amide bonds. The third-order valence-corrected chi connectivity index (χ3v) is 6.77. The van der Waals surface area contributed by atoms with Crippen LogP contribution in [0.3, 0.4) is 0 Å². The molecule has 126 valence electrons. The lowest BCUT2D eigenvalue weighted by Crippen LogP contribution is -2.20. The number of phenolic OH excluding ortho intramolecular Hbond substituents is 1. The van der Waals surface area contributed by atoms with Gasteiger partial charge in [-0.3, -0.25) is 0 Å². The molecule has 1 nitrogen and oxygen atoms in total. The molecular weight excluding hydrogens is 335 g/mol. The first kappa shape index (κ1) is 16.6. The van der Waals surface area contributed by atoms with Gasteiger partial charge < -0.3 is 5.11 Å². The fourth-order valence-corrected chi connectivity index (χ4v) is 5.47. The molecule has 0 saturated carbocycles. The van der Waals surface area contributed by atoms with Crippen LogP contribution in [0.2, 0.25) is 0 Å². The number of benzene rings is 4. The Morgan fingerprint density at radius 2 is 1.04 bits per heavy atom. The first-order chi connectivity index (χ1) is 12.8. The van der Waals surface area contributed by atoms with E-state index in [2.05, 4.69) is 84.9 Å².